The van der Waals surface area contributed by atoms with Crippen molar-refractivity contribution in [2.45, 2.75) is 11.8 Å². The number of rotatable bonds is 8. The van der Waals surface area contributed by atoms with Crippen molar-refractivity contribution in [3.63, 3.8) is 0 Å². The van der Waals surface area contributed by atoms with Crippen LogP contribution < -0.4 is 10.2 Å². The van der Waals surface area contributed by atoms with Gasteiger partial charge in [0.25, 0.3) is 5.91 Å². The Morgan fingerprint density at radius 3 is 2.34 bits per heavy atom. The summed E-state index contributed by atoms with van der Waals surface area (Å²) in [6.45, 7) is 7.16. The molecule has 1 aliphatic rings. The molecule has 7 heteroatoms. The predicted octanol–water partition coefficient (Wildman–Crippen LogP) is 3.10. The molecule has 0 unspecified atom stereocenters. The van der Waals surface area contributed by atoms with Gasteiger partial charge in [-0.2, -0.15) is 0 Å². The molecule has 1 amide bonds. The third-order valence-corrected chi connectivity index (χ3v) is 5.79. The number of amides is 1. The lowest BCUT2D eigenvalue weighted by atomic mass is 10.2. The van der Waals surface area contributed by atoms with Crippen molar-refractivity contribution in [3.8, 4) is 0 Å². The standard InChI is InChI=1S/C22H27N3O3S/c1-2-24-12-14-25(15-13-24)19-10-8-18(9-11-19)23-21(26)16-28-22(27)17-29-20-6-4-3-5-7-20/h3-11H,2,12-17H2,1H3,(H,23,26). The van der Waals surface area contributed by atoms with E-state index < -0.39 is 5.97 Å². The number of nitrogens with one attached hydrogen (secondary N) is 1. The van der Waals surface area contributed by atoms with E-state index in [1.807, 2.05) is 54.6 Å². The van der Waals surface area contributed by atoms with Gasteiger partial charge in [0.2, 0.25) is 0 Å². The van der Waals surface area contributed by atoms with E-state index in [0.717, 1.165) is 43.3 Å². The molecule has 3 rings (SSSR count). The molecule has 1 fully saturated rings. The van der Waals surface area contributed by atoms with E-state index >= 15 is 0 Å². The Balaban J connectivity index is 1.38. The number of hydrogen-bond acceptors (Lipinski definition) is 6. The maximum Gasteiger partial charge on any atom is 0.316 e. The van der Waals surface area contributed by atoms with Gasteiger partial charge in [-0.15, -0.1) is 11.8 Å². The molecule has 0 spiro atoms. The first-order valence-electron chi connectivity index (χ1n) is 9.84. The number of hydrogen-bond donors (Lipinski definition) is 1. The van der Waals surface area contributed by atoms with Crippen molar-refractivity contribution >= 4 is 35.0 Å². The van der Waals surface area contributed by atoms with Crippen molar-refractivity contribution in [2.24, 2.45) is 0 Å². The van der Waals surface area contributed by atoms with Gasteiger partial charge in [0, 0.05) is 42.4 Å². The largest absolute Gasteiger partial charge is 0.455 e. The monoisotopic (exact) mass is 413 g/mol. The van der Waals surface area contributed by atoms with Crippen LogP contribution in [0.2, 0.25) is 0 Å². The minimum Gasteiger partial charge on any atom is -0.455 e. The van der Waals surface area contributed by atoms with Crippen LogP contribution in [0.1, 0.15) is 6.92 Å². The third kappa shape index (κ3) is 6.80. The van der Waals surface area contributed by atoms with E-state index in [2.05, 4.69) is 22.0 Å². The maximum atomic E-state index is 12.0. The fourth-order valence-electron chi connectivity index (χ4n) is 3.12. The SMILES string of the molecule is CCN1CCN(c2ccc(NC(=O)COC(=O)CSc3ccccc3)cc2)CC1. The van der Waals surface area contributed by atoms with Gasteiger partial charge in [-0.3, -0.25) is 9.59 Å². The zero-order valence-corrected chi connectivity index (χ0v) is 17.5. The normalized spacial score (nSPS) is 14.4. The van der Waals surface area contributed by atoms with Gasteiger partial charge in [0.1, 0.15) is 0 Å². The quantitative estimate of drug-likeness (QED) is 0.530. The number of carbonyl (C=O) groups excluding carboxylic acids is 2. The van der Waals surface area contributed by atoms with Gasteiger partial charge >= 0.3 is 5.97 Å². The van der Waals surface area contributed by atoms with Crippen molar-refractivity contribution in [1.82, 2.24) is 4.90 Å². The second-order valence-corrected chi connectivity index (χ2v) is 7.83. The van der Waals surface area contributed by atoms with Gasteiger partial charge in [-0.25, -0.2) is 0 Å². The van der Waals surface area contributed by atoms with E-state index in [0.29, 0.717) is 5.69 Å². The molecule has 1 N–H and O–H groups in total. The smallest absolute Gasteiger partial charge is 0.316 e. The Morgan fingerprint density at radius 2 is 1.69 bits per heavy atom. The Kier molecular flexibility index (Phi) is 7.95. The molecule has 0 aliphatic carbocycles. The molecule has 0 atom stereocenters. The van der Waals surface area contributed by atoms with Crippen LogP contribution in [-0.2, 0) is 14.3 Å². The highest BCUT2D eigenvalue weighted by Gasteiger charge is 2.16. The summed E-state index contributed by atoms with van der Waals surface area (Å²) >= 11 is 1.39. The minimum absolute atomic E-state index is 0.178. The number of benzene rings is 2. The number of anilines is 2. The van der Waals surface area contributed by atoms with Crippen LogP contribution in [0.3, 0.4) is 0 Å². The molecule has 1 heterocycles. The fourth-order valence-corrected chi connectivity index (χ4v) is 3.84. The molecule has 0 radical (unpaired) electrons. The fraction of sp³-hybridized carbons (Fsp3) is 0.364. The summed E-state index contributed by atoms with van der Waals surface area (Å²) in [6.07, 6.45) is 0. The number of nitrogens with zero attached hydrogens (tertiary/aromatic N) is 2. The topological polar surface area (TPSA) is 61.9 Å². The van der Waals surface area contributed by atoms with Gasteiger partial charge in [-0.05, 0) is 42.9 Å². The van der Waals surface area contributed by atoms with Crippen LogP contribution in [0.15, 0.2) is 59.5 Å². The zero-order valence-electron chi connectivity index (χ0n) is 16.7. The minimum atomic E-state index is -0.407. The molecular formula is C22H27N3O3S. The third-order valence-electron chi connectivity index (χ3n) is 4.80. The molecule has 1 aliphatic heterocycles. The first kappa shape index (κ1) is 21.2. The van der Waals surface area contributed by atoms with Crippen LogP contribution in [0.25, 0.3) is 0 Å². The summed E-state index contributed by atoms with van der Waals surface area (Å²) in [5.74, 6) is -0.569. The van der Waals surface area contributed by atoms with Crippen LogP contribution in [0, 0.1) is 0 Å². The van der Waals surface area contributed by atoms with Crippen molar-refractivity contribution < 1.29 is 14.3 Å². The van der Waals surface area contributed by atoms with E-state index in [4.69, 9.17) is 4.74 Å². The average molecular weight is 414 g/mol. The molecule has 6 nitrogen and oxygen atoms in total. The lowest BCUT2D eigenvalue weighted by Crippen LogP contribution is -2.46. The molecular weight excluding hydrogens is 386 g/mol. The second-order valence-electron chi connectivity index (χ2n) is 6.78. The highest BCUT2D eigenvalue weighted by atomic mass is 32.2. The number of ether oxygens (including phenoxy) is 1. The highest BCUT2D eigenvalue weighted by Crippen LogP contribution is 2.20. The Labute approximate surface area is 176 Å². The van der Waals surface area contributed by atoms with Crippen LogP contribution in [0.4, 0.5) is 11.4 Å². The van der Waals surface area contributed by atoms with E-state index in [-0.39, 0.29) is 18.3 Å². The van der Waals surface area contributed by atoms with Crippen LogP contribution >= 0.6 is 11.8 Å². The number of piperazine rings is 1. The van der Waals surface area contributed by atoms with E-state index in [1.165, 1.54) is 11.8 Å². The molecule has 1 saturated heterocycles. The molecule has 0 saturated carbocycles. The number of carbonyl (C=O) groups is 2. The lowest BCUT2D eigenvalue weighted by Gasteiger charge is -2.35. The van der Waals surface area contributed by atoms with Crippen molar-refractivity contribution in [3.05, 3.63) is 54.6 Å². The second kappa shape index (κ2) is 10.9. The van der Waals surface area contributed by atoms with Gasteiger partial charge in [0.05, 0.1) is 5.75 Å². The van der Waals surface area contributed by atoms with Crippen molar-refractivity contribution in [1.29, 1.82) is 0 Å². The lowest BCUT2D eigenvalue weighted by molar-refractivity contribution is -0.144. The molecule has 154 valence electrons. The molecule has 2 aromatic rings. The summed E-state index contributed by atoms with van der Waals surface area (Å²) in [7, 11) is 0. The summed E-state index contributed by atoms with van der Waals surface area (Å²) in [6, 6.07) is 17.4. The Morgan fingerprint density at radius 1 is 1.00 bits per heavy atom. The average Bonchev–Trinajstić information content (AvgIpc) is 2.77. The molecule has 0 aromatic heterocycles. The van der Waals surface area contributed by atoms with Crippen molar-refractivity contribution in [2.75, 3.05) is 55.3 Å². The first-order chi connectivity index (χ1) is 14.1. The summed E-state index contributed by atoms with van der Waals surface area (Å²) < 4.78 is 5.05. The Bertz CT molecular complexity index is 791. The number of likely N-dealkylation sites (N-methyl/N-ethyl adjacent to an activating group) is 1. The van der Waals surface area contributed by atoms with E-state index in [1.54, 1.807) is 0 Å². The van der Waals surface area contributed by atoms with Gasteiger partial charge < -0.3 is 19.9 Å². The van der Waals surface area contributed by atoms with E-state index in [9.17, 15) is 9.59 Å². The summed E-state index contributed by atoms with van der Waals surface area (Å²) in [5.41, 5.74) is 1.85. The zero-order chi connectivity index (χ0) is 20.5. The number of esters is 1. The predicted molar refractivity (Wildman–Crippen MR) is 118 cm³/mol. The summed E-state index contributed by atoms with van der Waals surface area (Å²) in [5, 5.41) is 2.77. The highest BCUT2D eigenvalue weighted by molar-refractivity contribution is 8.00. The Hall–Kier alpha value is -2.51. The summed E-state index contributed by atoms with van der Waals surface area (Å²) in [4.78, 5) is 29.6. The molecule has 0 bridgehead atoms. The molecule has 2 aromatic carbocycles. The first-order valence-corrected chi connectivity index (χ1v) is 10.8. The number of thioether (sulfide) groups is 1. The van der Waals surface area contributed by atoms with Crippen LogP contribution in [0.5, 0.6) is 0 Å². The molecule has 29 heavy (non-hydrogen) atoms. The van der Waals surface area contributed by atoms with Gasteiger partial charge in [-0.1, -0.05) is 25.1 Å². The maximum absolute atomic E-state index is 12.0. The van der Waals surface area contributed by atoms with Gasteiger partial charge in [0.15, 0.2) is 6.61 Å². The van der Waals surface area contributed by atoms with Crippen LogP contribution in [-0.4, -0.2) is 61.9 Å².